The number of hydrogen-bond acceptors (Lipinski definition) is 5. The van der Waals surface area contributed by atoms with E-state index in [2.05, 4.69) is 15.4 Å². The van der Waals surface area contributed by atoms with E-state index in [1.165, 1.54) is 0 Å². The number of hydrogen-bond donors (Lipinski definition) is 3. The van der Waals surface area contributed by atoms with Crippen LogP contribution in [-0.2, 0) is 14.3 Å². The highest BCUT2D eigenvalue weighted by Gasteiger charge is 2.11. The van der Waals surface area contributed by atoms with Gasteiger partial charge in [-0.05, 0) is 13.3 Å². The van der Waals surface area contributed by atoms with Crippen molar-refractivity contribution in [3.8, 4) is 0 Å². The van der Waals surface area contributed by atoms with Gasteiger partial charge in [-0.25, -0.2) is 0 Å². The van der Waals surface area contributed by atoms with Crippen LogP contribution in [0.3, 0.4) is 0 Å². The second-order valence-electron chi connectivity index (χ2n) is 3.64. The predicted octanol–water partition coefficient (Wildman–Crippen LogP) is -0.584. The molecule has 0 aromatic rings. The fraction of sp³-hybridized carbons (Fsp3) is 0.818. The van der Waals surface area contributed by atoms with E-state index in [0.29, 0.717) is 13.2 Å². The van der Waals surface area contributed by atoms with Crippen molar-refractivity contribution < 1.29 is 19.4 Å². The molecule has 0 saturated carbocycles. The maximum absolute atomic E-state index is 11.2. The molecule has 0 saturated heterocycles. The number of aliphatic hydroxyl groups is 1. The molecular weight excluding hydrogens is 224 g/mol. The molecule has 0 bridgehead atoms. The van der Waals surface area contributed by atoms with Crippen molar-refractivity contribution in [2.24, 2.45) is 0 Å². The minimum Gasteiger partial charge on any atom is -0.466 e. The summed E-state index contributed by atoms with van der Waals surface area (Å²) in [7, 11) is 0. The molecule has 1 atom stereocenters. The Morgan fingerprint density at radius 3 is 2.65 bits per heavy atom. The fourth-order valence-corrected chi connectivity index (χ4v) is 1.16. The highest BCUT2D eigenvalue weighted by atomic mass is 16.5. The molecule has 1 amide bonds. The van der Waals surface area contributed by atoms with Gasteiger partial charge in [0.15, 0.2) is 0 Å². The van der Waals surface area contributed by atoms with E-state index in [9.17, 15) is 14.7 Å². The van der Waals surface area contributed by atoms with Crippen molar-refractivity contribution in [2.45, 2.75) is 32.8 Å². The van der Waals surface area contributed by atoms with Gasteiger partial charge in [-0.3, -0.25) is 9.59 Å². The lowest BCUT2D eigenvalue weighted by atomic mass is 10.2. The van der Waals surface area contributed by atoms with Gasteiger partial charge >= 0.3 is 5.97 Å². The lowest BCUT2D eigenvalue weighted by Crippen LogP contribution is -2.38. The third-order valence-corrected chi connectivity index (χ3v) is 1.95. The summed E-state index contributed by atoms with van der Waals surface area (Å²) in [6.07, 6.45) is 0.00212. The monoisotopic (exact) mass is 246 g/mol. The molecule has 0 aliphatic carbocycles. The average Bonchev–Trinajstić information content (AvgIpc) is 2.26. The Balaban J connectivity index is 3.53. The summed E-state index contributed by atoms with van der Waals surface area (Å²) in [5.41, 5.74) is 0. The van der Waals surface area contributed by atoms with Crippen LogP contribution < -0.4 is 10.6 Å². The van der Waals surface area contributed by atoms with Gasteiger partial charge in [-0.1, -0.05) is 6.92 Å². The van der Waals surface area contributed by atoms with E-state index >= 15 is 0 Å². The first-order valence-electron chi connectivity index (χ1n) is 5.91. The number of nitrogens with one attached hydrogen (secondary N) is 2. The lowest BCUT2D eigenvalue weighted by Gasteiger charge is -2.11. The molecular formula is C11H22N2O4. The van der Waals surface area contributed by atoms with Crippen molar-refractivity contribution in [3.05, 3.63) is 0 Å². The Kier molecular flexibility index (Phi) is 9.37. The van der Waals surface area contributed by atoms with Crippen molar-refractivity contribution >= 4 is 11.9 Å². The van der Waals surface area contributed by atoms with Crippen molar-refractivity contribution in [2.75, 3.05) is 26.2 Å². The van der Waals surface area contributed by atoms with Crippen LogP contribution in [0.4, 0.5) is 0 Å². The first kappa shape index (κ1) is 15.9. The lowest BCUT2D eigenvalue weighted by molar-refractivity contribution is -0.145. The van der Waals surface area contributed by atoms with Crippen molar-refractivity contribution in [3.63, 3.8) is 0 Å². The largest absolute Gasteiger partial charge is 0.466 e. The molecule has 1 unspecified atom stereocenters. The van der Waals surface area contributed by atoms with Crippen LogP contribution in [0.15, 0.2) is 0 Å². The van der Waals surface area contributed by atoms with E-state index in [1.54, 1.807) is 6.92 Å². The molecule has 6 heteroatoms. The second kappa shape index (κ2) is 10.0. The van der Waals surface area contributed by atoms with E-state index in [-0.39, 0.29) is 25.4 Å². The molecule has 0 radical (unpaired) electrons. The molecule has 0 rings (SSSR count). The van der Waals surface area contributed by atoms with Crippen LogP contribution in [0.5, 0.6) is 0 Å². The minimum atomic E-state index is -0.826. The summed E-state index contributed by atoms with van der Waals surface area (Å²) in [5, 5.41) is 14.9. The third kappa shape index (κ3) is 9.77. The first-order valence-corrected chi connectivity index (χ1v) is 5.91. The zero-order chi connectivity index (χ0) is 13.1. The number of amides is 1. The molecule has 100 valence electrons. The molecule has 0 aromatic heterocycles. The summed E-state index contributed by atoms with van der Waals surface area (Å²) in [6, 6.07) is 0. The van der Waals surface area contributed by atoms with Crippen LogP contribution in [0, 0.1) is 0 Å². The number of rotatable bonds is 9. The van der Waals surface area contributed by atoms with Crippen LogP contribution in [-0.4, -0.2) is 49.3 Å². The van der Waals surface area contributed by atoms with E-state index < -0.39 is 12.1 Å². The normalized spacial score (nSPS) is 11.9. The van der Waals surface area contributed by atoms with Gasteiger partial charge in [0.2, 0.25) is 5.91 Å². The fourth-order valence-electron chi connectivity index (χ4n) is 1.16. The highest BCUT2D eigenvalue weighted by molar-refractivity contribution is 5.77. The predicted molar refractivity (Wildman–Crippen MR) is 63.4 cm³/mol. The van der Waals surface area contributed by atoms with Crippen molar-refractivity contribution in [1.29, 1.82) is 0 Å². The van der Waals surface area contributed by atoms with Gasteiger partial charge in [0, 0.05) is 13.1 Å². The van der Waals surface area contributed by atoms with Gasteiger partial charge in [0.1, 0.15) is 0 Å². The van der Waals surface area contributed by atoms with Gasteiger partial charge in [0.25, 0.3) is 0 Å². The SMILES string of the molecule is CCCNC(=O)CNCC(O)CC(=O)OCC. The molecule has 0 heterocycles. The average molecular weight is 246 g/mol. The van der Waals surface area contributed by atoms with Gasteiger partial charge in [0.05, 0.1) is 25.7 Å². The molecule has 17 heavy (non-hydrogen) atoms. The Hall–Kier alpha value is -1.14. The number of esters is 1. The van der Waals surface area contributed by atoms with E-state index in [4.69, 9.17) is 0 Å². The molecule has 3 N–H and O–H groups in total. The number of carbonyl (C=O) groups excluding carboxylic acids is 2. The zero-order valence-electron chi connectivity index (χ0n) is 10.5. The Morgan fingerprint density at radius 2 is 2.06 bits per heavy atom. The van der Waals surface area contributed by atoms with E-state index in [0.717, 1.165) is 6.42 Å². The third-order valence-electron chi connectivity index (χ3n) is 1.95. The van der Waals surface area contributed by atoms with Gasteiger partial charge in [-0.15, -0.1) is 0 Å². The Morgan fingerprint density at radius 1 is 1.35 bits per heavy atom. The highest BCUT2D eigenvalue weighted by Crippen LogP contribution is 1.93. The summed E-state index contributed by atoms with van der Waals surface area (Å²) < 4.78 is 4.69. The topological polar surface area (TPSA) is 87.7 Å². The summed E-state index contributed by atoms with van der Waals surface area (Å²) in [6.45, 7) is 4.96. The quantitative estimate of drug-likeness (QED) is 0.474. The number of carbonyl (C=O) groups is 2. The zero-order valence-corrected chi connectivity index (χ0v) is 10.5. The summed E-state index contributed by atoms with van der Waals surface area (Å²) in [4.78, 5) is 22.2. The maximum atomic E-state index is 11.2. The van der Waals surface area contributed by atoms with Crippen LogP contribution in [0.1, 0.15) is 26.7 Å². The Labute approximate surface area is 102 Å². The molecule has 0 aliphatic rings. The second-order valence-corrected chi connectivity index (χ2v) is 3.64. The maximum Gasteiger partial charge on any atom is 0.308 e. The standard InChI is InChI=1S/C11H22N2O4/c1-3-5-13-10(15)8-12-7-9(14)6-11(16)17-4-2/h9,12,14H,3-8H2,1-2H3,(H,13,15). The number of ether oxygens (including phenoxy) is 1. The van der Waals surface area contributed by atoms with Gasteiger partial charge < -0.3 is 20.5 Å². The molecule has 0 fully saturated rings. The molecule has 0 aromatic carbocycles. The van der Waals surface area contributed by atoms with E-state index in [1.807, 2.05) is 6.92 Å². The Bertz CT molecular complexity index is 234. The molecule has 0 spiro atoms. The van der Waals surface area contributed by atoms with Crippen molar-refractivity contribution in [1.82, 2.24) is 10.6 Å². The smallest absolute Gasteiger partial charge is 0.308 e. The van der Waals surface area contributed by atoms with Gasteiger partial charge in [-0.2, -0.15) is 0 Å². The first-order chi connectivity index (χ1) is 8.10. The van der Waals surface area contributed by atoms with Crippen LogP contribution >= 0.6 is 0 Å². The van der Waals surface area contributed by atoms with Crippen LogP contribution in [0.25, 0.3) is 0 Å². The molecule has 0 aliphatic heterocycles. The summed E-state index contributed by atoms with van der Waals surface area (Å²) in [5.74, 6) is -0.549. The number of aliphatic hydroxyl groups excluding tert-OH is 1. The molecule has 6 nitrogen and oxygen atoms in total. The van der Waals surface area contributed by atoms with Crippen LogP contribution in [0.2, 0.25) is 0 Å². The summed E-state index contributed by atoms with van der Waals surface area (Å²) >= 11 is 0. The minimum absolute atomic E-state index is 0.0581.